The Kier molecular flexibility index (Phi) is 5.69. The van der Waals surface area contributed by atoms with Crippen molar-refractivity contribution in [1.82, 2.24) is 15.2 Å². The van der Waals surface area contributed by atoms with Crippen LogP contribution in [-0.4, -0.2) is 41.2 Å². The van der Waals surface area contributed by atoms with Crippen LogP contribution in [0.2, 0.25) is 0 Å². The van der Waals surface area contributed by atoms with E-state index in [-0.39, 0.29) is 24.3 Å². The summed E-state index contributed by atoms with van der Waals surface area (Å²) < 4.78 is 0. The molecule has 0 aliphatic carbocycles. The molecule has 0 bridgehead atoms. The molecule has 28 heavy (non-hydrogen) atoms. The number of rotatable bonds is 7. The van der Waals surface area contributed by atoms with Crippen molar-refractivity contribution in [2.45, 2.75) is 18.9 Å². The predicted molar refractivity (Wildman–Crippen MR) is 111 cm³/mol. The molecule has 1 unspecified atom stereocenters. The summed E-state index contributed by atoms with van der Waals surface area (Å²) >= 11 is 1.67. The summed E-state index contributed by atoms with van der Waals surface area (Å²) in [5.74, 6) is -0.0560. The van der Waals surface area contributed by atoms with E-state index in [1.54, 1.807) is 23.6 Å². The average Bonchev–Trinajstić information content (AvgIpc) is 3.51. The average molecular weight is 394 g/mol. The van der Waals surface area contributed by atoms with E-state index in [4.69, 9.17) is 0 Å². The van der Waals surface area contributed by atoms with Crippen LogP contribution in [0, 0.1) is 0 Å². The first kappa shape index (κ1) is 18.7. The molecule has 1 atom stereocenters. The fourth-order valence-corrected chi connectivity index (χ4v) is 4.38. The van der Waals surface area contributed by atoms with Gasteiger partial charge in [0.2, 0.25) is 0 Å². The molecule has 0 saturated carbocycles. The van der Waals surface area contributed by atoms with Crippen molar-refractivity contribution in [3.8, 4) is 0 Å². The van der Waals surface area contributed by atoms with Crippen molar-refractivity contribution in [3.05, 3.63) is 81.8 Å². The quantitative estimate of drug-likeness (QED) is 0.599. The van der Waals surface area contributed by atoms with Gasteiger partial charge in [-0.15, -0.1) is 11.3 Å². The number of amides is 1. The molecule has 3 aromatic rings. The molecule has 2 N–H and O–H groups in total. The first-order valence-electron chi connectivity index (χ1n) is 9.55. The Bertz CT molecular complexity index is 928. The lowest BCUT2D eigenvalue weighted by atomic mass is 10.0. The summed E-state index contributed by atoms with van der Waals surface area (Å²) in [7, 11) is 0. The number of carbonyl (C=O) groups excluding carboxylic acids is 2. The molecule has 1 aliphatic rings. The van der Waals surface area contributed by atoms with Gasteiger partial charge >= 0.3 is 0 Å². The second-order valence-electron chi connectivity index (χ2n) is 6.96. The van der Waals surface area contributed by atoms with Crippen molar-refractivity contribution in [2.24, 2.45) is 0 Å². The molecular weight excluding hydrogens is 370 g/mol. The van der Waals surface area contributed by atoms with Gasteiger partial charge in [-0.3, -0.25) is 14.9 Å². The molecule has 1 amide bonds. The minimum absolute atomic E-state index is 0.0229. The molecular formula is C22H23N3O2S. The molecule has 1 aromatic carbocycles. The topological polar surface area (TPSA) is 65.2 Å². The van der Waals surface area contributed by atoms with Crippen molar-refractivity contribution in [3.63, 3.8) is 0 Å². The van der Waals surface area contributed by atoms with Crippen molar-refractivity contribution < 1.29 is 9.59 Å². The highest BCUT2D eigenvalue weighted by molar-refractivity contribution is 7.10. The number of likely N-dealkylation sites (tertiary alicyclic amines) is 1. The van der Waals surface area contributed by atoms with Crippen molar-refractivity contribution in [2.75, 3.05) is 19.6 Å². The first-order chi connectivity index (χ1) is 13.7. The number of nitrogens with zero attached hydrogens (tertiary/aromatic N) is 1. The largest absolute Gasteiger partial charge is 0.356 e. The third-order valence-electron chi connectivity index (χ3n) is 5.06. The highest BCUT2D eigenvalue weighted by atomic mass is 32.1. The van der Waals surface area contributed by atoms with E-state index in [1.807, 2.05) is 34.5 Å². The van der Waals surface area contributed by atoms with E-state index in [0.29, 0.717) is 11.3 Å². The van der Waals surface area contributed by atoms with Gasteiger partial charge in [-0.05, 0) is 35.9 Å². The Morgan fingerprint density at radius 2 is 1.89 bits per heavy atom. The maximum Gasteiger partial charge on any atom is 0.270 e. The van der Waals surface area contributed by atoms with Gasteiger partial charge in [0, 0.05) is 29.7 Å². The number of aromatic amines is 1. The van der Waals surface area contributed by atoms with Gasteiger partial charge in [0.1, 0.15) is 5.69 Å². The van der Waals surface area contributed by atoms with E-state index in [1.165, 1.54) is 0 Å². The number of thiophene rings is 1. The molecule has 144 valence electrons. The number of H-pyrrole nitrogens is 1. The fourth-order valence-electron chi connectivity index (χ4n) is 3.55. The molecule has 1 saturated heterocycles. The summed E-state index contributed by atoms with van der Waals surface area (Å²) in [5, 5.41) is 5.42. The third kappa shape index (κ3) is 4.08. The second kappa shape index (κ2) is 8.54. The van der Waals surface area contributed by atoms with Crippen LogP contribution < -0.4 is 5.32 Å². The second-order valence-corrected chi connectivity index (χ2v) is 7.94. The molecule has 0 spiro atoms. The van der Waals surface area contributed by atoms with E-state index in [2.05, 4.69) is 28.5 Å². The Morgan fingerprint density at radius 3 is 2.61 bits per heavy atom. The molecule has 6 heteroatoms. The van der Waals surface area contributed by atoms with Gasteiger partial charge in [0.15, 0.2) is 5.78 Å². The highest BCUT2D eigenvalue weighted by Gasteiger charge is 2.22. The summed E-state index contributed by atoms with van der Waals surface area (Å²) in [4.78, 5) is 31.1. The smallest absolute Gasteiger partial charge is 0.270 e. The zero-order chi connectivity index (χ0) is 19.3. The monoisotopic (exact) mass is 393 g/mol. The minimum Gasteiger partial charge on any atom is -0.356 e. The van der Waals surface area contributed by atoms with E-state index in [9.17, 15) is 9.59 Å². The summed E-state index contributed by atoms with van der Waals surface area (Å²) in [6.07, 6.45) is 3.73. The summed E-state index contributed by atoms with van der Waals surface area (Å²) in [6, 6.07) is 15.8. The number of ketones is 1. The highest BCUT2D eigenvalue weighted by Crippen LogP contribution is 2.26. The minimum atomic E-state index is -0.0331. The zero-order valence-corrected chi connectivity index (χ0v) is 16.4. The van der Waals surface area contributed by atoms with Gasteiger partial charge in [-0.2, -0.15) is 0 Å². The summed E-state index contributed by atoms with van der Waals surface area (Å²) in [6.45, 7) is 1.79. The number of benzene rings is 1. The van der Waals surface area contributed by atoms with Gasteiger partial charge in [-0.25, -0.2) is 0 Å². The van der Waals surface area contributed by atoms with Crippen LogP contribution in [0.4, 0.5) is 0 Å². The molecule has 1 aliphatic heterocycles. The molecule has 3 heterocycles. The number of carbonyl (C=O) groups is 2. The van der Waals surface area contributed by atoms with Crippen LogP contribution in [0.25, 0.3) is 0 Å². The predicted octanol–water partition coefficient (Wildman–Crippen LogP) is 3.87. The van der Waals surface area contributed by atoms with Gasteiger partial charge in [-0.1, -0.05) is 36.4 Å². The molecule has 4 rings (SSSR count). The maximum absolute atomic E-state index is 12.7. The molecule has 2 aromatic heterocycles. The fraction of sp³-hybridized carbons (Fsp3) is 0.273. The number of nitrogens with one attached hydrogen (secondary N) is 2. The maximum atomic E-state index is 12.7. The summed E-state index contributed by atoms with van der Waals surface area (Å²) in [5.41, 5.74) is 2.15. The number of aromatic nitrogens is 1. The zero-order valence-electron chi connectivity index (χ0n) is 15.6. The molecule has 0 radical (unpaired) electrons. The number of hydrogen-bond donors (Lipinski definition) is 2. The van der Waals surface area contributed by atoms with Crippen LogP contribution in [0.15, 0.2) is 60.1 Å². The Hall–Kier alpha value is -2.70. The van der Waals surface area contributed by atoms with Gasteiger partial charge < -0.3 is 9.88 Å². The van der Waals surface area contributed by atoms with Gasteiger partial charge in [0.05, 0.1) is 12.6 Å². The lowest BCUT2D eigenvalue weighted by Crippen LogP contribution is -2.28. The number of hydrogen-bond acceptors (Lipinski definition) is 4. The first-order valence-corrected chi connectivity index (χ1v) is 10.4. The lowest BCUT2D eigenvalue weighted by Gasteiger charge is -2.17. The lowest BCUT2D eigenvalue weighted by molar-refractivity contribution is 0.0787. The van der Waals surface area contributed by atoms with E-state index < -0.39 is 0 Å². The standard InChI is InChI=1S/C22H23N3O2S/c26-19(17-13-18(23-14-17)22(27)25-10-4-5-11-25)15-24-21(20-9-6-12-28-20)16-7-2-1-3-8-16/h1-3,6-9,12-14,21,23-24H,4-5,10-11,15H2. The SMILES string of the molecule is O=C(CNC(c1ccccc1)c1cccs1)c1c[nH]c(C(=O)N2CCCC2)c1. The van der Waals surface area contributed by atoms with E-state index >= 15 is 0 Å². The van der Waals surface area contributed by atoms with Crippen molar-refractivity contribution in [1.29, 1.82) is 0 Å². The van der Waals surface area contributed by atoms with Crippen LogP contribution in [0.3, 0.4) is 0 Å². The molecule has 5 nitrogen and oxygen atoms in total. The molecule has 1 fully saturated rings. The van der Waals surface area contributed by atoms with Crippen molar-refractivity contribution >= 4 is 23.0 Å². The van der Waals surface area contributed by atoms with Crippen LogP contribution in [0.5, 0.6) is 0 Å². The Labute approximate surface area is 168 Å². The Balaban J connectivity index is 1.43. The Morgan fingerprint density at radius 1 is 1.11 bits per heavy atom. The number of Topliss-reactive ketones (excluding diaryl/α,β-unsaturated/α-hetero) is 1. The third-order valence-corrected chi connectivity index (χ3v) is 5.99. The van der Waals surface area contributed by atoms with Crippen LogP contribution in [-0.2, 0) is 0 Å². The normalized spacial score (nSPS) is 14.9. The van der Waals surface area contributed by atoms with Gasteiger partial charge in [0.25, 0.3) is 5.91 Å². The van der Waals surface area contributed by atoms with Crippen LogP contribution in [0.1, 0.15) is 50.2 Å². The van der Waals surface area contributed by atoms with Crippen LogP contribution >= 0.6 is 11.3 Å². The van der Waals surface area contributed by atoms with E-state index in [0.717, 1.165) is 36.4 Å².